The minimum absolute atomic E-state index is 0.0149. The first-order valence-electron chi connectivity index (χ1n) is 9.38. The quantitative estimate of drug-likeness (QED) is 0.758. The van der Waals surface area contributed by atoms with Crippen LogP contribution in [0.25, 0.3) is 0 Å². The van der Waals surface area contributed by atoms with E-state index in [1.54, 1.807) is 22.5 Å². The van der Waals surface area contributed by atoms with Crippen LogP contribution in [-0.4, -0.2) is 43.8 Å². The third kappa shape index (κ3) is 5.05. The predicted octanol–water partition coefficient (Wildman–Crippen LogP) is 2.35. The second kappa shape index (κ2) is 8.97. The first kappa shape index (κ1) is 20.9. The second-order valence-corrected chi connectivity index (χ2v) is 9.41. The number of nitrogens with two attached hydrogens (primary N) is 1. The molecule has 0 radical (unpaired) electrons. The molecule has 1 heterocycles. The molecule has 1 aliphatic rings. The zero-order valence-electron chi connectivity index (χ0n) is 15.9. The molecule has 2 rings (SSSR count). The van der Waals surface area contributed by atoms with Gasteiger partial charge in [-0.05, 0) is 50.3 Å². The van der Waals surface area contributed by atoms with Gasteiger partial charge in [0.15, 0.2) is 0 Å². The maximum Gasteiger partial charge on any atom is 0.251 e. The predicted molar refractivity (Wildman–Crippen MR) is 103 cm³/mol. The smallest absolute Gasteiger partial charge is 0.251 e. The van der Waals surface area contributed by atoms with Crippen molar-refractivity contribution in [1.82, 2.24) is 9.62 Å². The first-order chi connectivity index (χ1) is 12.3. The van der Waals surface area contributed by atoms with Crippen molar-refractivity contribution < 1.29 is 13.2 Å². The molecule has 1 fully saturated rings. The molecule has 1 aliphatic heterocycles. The zero-order valence-corrected chi connectivity index (χ0v) is 16.8. The third-order valence-electron chi connectivity index (χ3n) is 4.82. The van der Waals surface area contributed by atoms with E-state index in [1.807, 2.05) is 6.92 Å². The Labute approximate surface area is 157 Å². The number of nitrogens with zero attached hydrogens (tertiary/aromatic N) is 1. The molecular formula is C19H31N3O3S. The van der Waals surface area contributed by atoms with Crippen molar-refractivity contribution >= 4 is 15.9 Å². The highest BCUT2D eigenvalue weighted by Gasteiger charge is 2.31. The van der Waals surface area contributed by atoms with Gasteiger partial charge in [-0.15, -0.1) is 0 Å². The van der Waals surface area contributed by atoms with Crippen LogP contribution in [0.15, 0.2) is 29.2 Å². The van der Waals surface area contributed by atoms with E-state index in [9.17, 15) is 13.2 Å². The van der Waals surface area contributed by atoms with Crippen molar-refractivity contribution in [3.05, 3.63) is 29.8 Å². The summed E-state index contributed by atoms with van der Waals surface area (Å²) < 4.78 is 27.5. The lowest BCUT2D eigenvalue weighted by Gasteiger charge is -2.32. The lowest BCUT2D eigenvalue weighted by molar-refractivity contribution is 0.0933. The molecule has 1 amide bonds. The molecule has 0 aromatic heterocycles. The summed E-state index contributed by atoms with van der Waals surface area (Å²) in [5.74, 6) is 0.126. The van der Waals surface area contributed by atoms with Gasteiger partial charge in [-0.3, -0.25) is 4.79 Å². The van der Waals surface area contributed by atoms with Crippen molar-refractivity contribution in [2.24, 2.45) is 11.7 Å². The summed E-state index contributed by atoms with van der Waals surface area (Å²) in [6, 6.07) is 6.15. The fraction of sp³-hybridized carbons (Fsp3) is 0.632. The number of carbonyl (C=O) groups excluding carboxylic acids is 1. The van der Waals surface area contributed by atoms with Gasteiger partial charge < -0.3 is 11.1 Å². The lowest BCUT2D eigenvalue weighted by Crippen LogP contribution is -2.42. The van der Waals surface area contributed by atoms with Crippen molar-refractivity contribution in [1.29, 1.82) is 0 Å². The topological polar surface area (TPSA) is 92.5 Å². The molecule has 0 spiro atoms. The standard InChI is InChI=1S/C19H31N3O3S/c1-14(2)11-17(13-20)21-19(23)16-8-6-9-18(12-16)26(24,25)22-10-5-4-7-15(22)3/h6,8-9,12,14-15,17H,4-5,7,10-11,13,20H2,1-3H3,(H,21,23). The van der Waals surface area contributed by atoms with Crippen LogP contribution in [0.5, 0.6) is 0 Å². The van der Waals surface area contributed by atoms with Crippen molar-refractivity contribution in [2.75, 3.05) is 13.1 Å². The molecule has 0 aliphatic carbocycles. The molecule has 6 nitrogen and oxygen atoms in total. The van der Waals surface area contributed by atoms with Gasteiger partial charge in [-0.1, -0.05) is 26.3 Å². The summed E-state index contributed by atoms with van der Waals surface area (Å²) in [6.45, 7) is 6.96. The van der Waals surface area contributed by atoms with Gasteiger partial charge in [0.05, 0.1) is 4.90 Å². The monoisotopic (exact) mass is 381 g/mol. The molecule has 1 aromatic carbocycles. The van der Waals surface area contributed by atoms with E-state index in [0.717, 1.165) is 25.7 Å². The largest absolute Gasteiger partial charge is 0.348 e. The molecule has 2 unspecified atom stereocenters. The van der Waals surface area contributed by atoms with E-state index in [2.05, 4.69) is 19.2 Å². The van der Waals surface area contributed by atoms with Crippen LogP contribution in [0.1, 0.15) is 56.8 Å². The number of rotatable bonds is 7. The van der Waals surface area contributed by atoms with Crippen LogP contribution in [-0.2, 0) is 10.0 Å². The molecule has 26 heavy (non-hydrogen) atoms. The van der Waals surface area contributed by atoms with E-state index < -0.39 is 10.0 Å². The van der Waals surface area contributed by atoms with Gasteiger partial charge in [0.2, 0.25) is 10.0 Å². The Bertz CT molecular complexity index is 718. The van der Waals surface area contributed by atoms with Crippen LogP contribution >= 0.6 is 0 Å². The average Bonchev–Trinajstić information content (AvgIpc) is 2.61. The zero-order chi connectivity index (χ0) is 19.3. The second-order valence-electron chi connectivity index (χ2n) is 7.52. The Hall–Kier alpha value is -1.44. The molecule has 0 bridgehead atoms. The minimum atomic E-state index is -3.59. The molecule has 1 saturated heterocycles. The number of hydrogen-bond donors (Lipinski definition) is 2. The minimum Gasteiger partial charge on any atom is -0.348 e. The van der Waals surface area contributed by atoms with E-state index in [4.69, 9.17) is 5.73 Å². The van der Waals surface area contributed by atoms with Crippen LogP contribution in [0, 0.1) is 5.92 Å². The number of piperidine rings is 1. The van der Waals surface area contributed by atoms with Gasteiger partial charge in [0, 0.05) is 30.7 Å². The van der Waals surface area contributed by atoms with Crippen LogP contribution in [0.3, 0.4) is 0 Å². The first-order valence-corrected chi connectivity index (χ1v) is 10.8. The highest BCUT2D eigenvalue weighted by atomic mass is 32.2. The van der Waals surface area contributed by atoms with E-state index in [0.29, 0.717) is 24.6 Å². The Morgan fingerprint density at radius 3 is 2.69 bits per heavy atom. The Morgan fingerprint density at radius 1 is 1.35 bits per heavy atom. The SMILES string of the molecule is CC(C)CC(CN)NC(=O)c1cccc(S(=O)(=O)N2CCCCC2C)c1. The van der Waals surface area contributed by atoms with E-state index in [-0.39, 0.29) is 22.9 Å². The van der Waals surface area contributed by atoms with Gasteiger partial charge >= 0.3 is 0 Å². The Kier molecular flexibility index (Phi) is 7.20. The number of nitrogens with one attached hydrogen (secondary N) is 1. The molecular weight excluding hydrogens is 350 g/mol. The van der Waals surface area contributed by atoms with Gasteiger partial charge in [0.1, 0.15) is 0 Å². The molecule has 146 valence electrons. The third-order valence-corrected chi connectivity index (χ3v) is 6.83. The van der Waals surface area contributed by atoms with Gasteiger partial charge in [-0.25, -0.2) is 8.42 Å². The molecule has 2 atom stereocenters. The van der Waals surface area contributed by atoms with Crippen LogP contribution < -0.4 is 11.1 Å². The highest BCUT2D eigenvalue weighted by molar-refractivity contribution is 7.89. The van der Waals surface area contributed by atoms with Crippen molar-refractivity contribution in [3.8, 4) is 0 Å². The molecule has 1 aromatic rings. The van der Waals surface area contributed by atoms with Crippen LogP contribution in [0.2, 0.25) is 0 Å². The summed E-state index contributed by atoms with van der Waals surface area (Å²) in [6.07, 6.45) is 3.57. The number of sulfonamides is 1. The number of amides is 1. The summed E-state index contributed by atoms with van der Waals surface area (Å²) in [5, 5.41) is 2.91. The van der Waals surface area contributed by atoms with Crippen LogP contribution in [0.4, 0.5) is 0 Å². The summed E-state index contributed by atoms with van der Waals surface area (Å²) in [4.78, 5) is 12.7. The van der Waals surface area contributed by atoms with E-state index >= 15 is 0 Å². The van der Waals surface area contributed by atoms with Crippen molar-refractivity contribution in [3.63, 3.8) is 0 Å². The normalized spacial score (nSPS) is 20.1. The molecule has 3 N–H and O–H groups in total. The molecule has 0 saturated carbocycles. The molecule has 7 heteroatoms. The Balaban J connectivity index is 2.20. The lowest BCUT2D eigenvalue weighted by atomic mass is 10.0. The Morgan fingerprint density at radius 2 is 2.08 bits per heavy atom. The van der Waals surface area contributed by atoms with Gasteiger partial charge in [0.25, 0.3) is 5.91 Å². The fourth-order valence-corrected chi connectivity index (χ4v) is 5.16. The summed E-state index contributed by atoms with van der Waals surface area (Å²) in [5.41, 5.74) is 6.09. The summed E-state index contributed by atoms with van der Waals surface area (Å²) in [7, 11) is -3.59. The van der Waals surface area contributed by atoms with E-state index in [1.165, 1.54) is 6.07 Å². The highest BCUT2D eigenvalue weighted by Crippen LogP contribution is 2.25. The maximum absolute atomic E-state index is 13.0. The number of benzene rings is 1. The summed E-state index contributed by atoms with van der Waals surface area (Å²) >= 11 is 0. The fourth-order valence-electron chi connectivity index (χ4n) is 3.41. The number of carbonyl (C=O) groups is 1. The number of hydrogen-bond acceptors (Lipinski definition) is 4. The average molecular weight is 382 g/mol. The maximum atomic E-state index is 13.0. The van der Waals surface area contributed by atoms with Crippen molar-refractivity contribution in [2.45, 2.75) is 63.4 Å². The van der Waals surface area contributed by atoms with Gasteiger partial charge in [-0.2, -0.15) is 4.31 Å².